The molecule has 5 nitrogen and oxygen atoms in total. The van der Waals surface area contributed by atoms with Gasteiger partial charge in [-0.2, -0.15) is 15.0 Å². The number of rotatable bonds is 3. The maximum Gasteiger partial charge on any atom is 0.328 e. The molecule has 1 saturated heterocycles. The van der Waals surface area contributed by atoms with Gasteiger partial charge in [0.05, 0.1) is 10.0 Å². The fourth-order valence-electron chi connectivity index (χ4n) is 2.07. The Labute approximate surface area is 136 Å². The van der Waals surface area contributed by atoms with E-state index in [1.54, 1.807) is 18.2 Å². The molecule has 0 spiro atoms. The average Bonchev–Trinajstić information content (AvgIpc) is 2.96. The quantitative estimate of drug-likeness (QED) is 0.833. The zero-order valence-electron chi connectivity index (χ0n) is 10.9. The first-order chi connectivity index (χ1) is 10.1. The fourth-order valence-corrected chi connectivity index (χ4v) is 2.51. The van der Waals surface area contributed by atoms with Crippen LogP contribution in [0.3, 0.4) is 0 Å². The van der Waals surface area contributed by atoms with E-state index < -0.39 is 0 Å². The van der Waals surface area contributed by atoms with Crippen LogP contribution in [0.4, 0.5) is 5.95 Å². The van der Waals surface area contributed by atoms with Gasteiger partial charge in [0.1, 0.15) is 5.75 Å². The normalized spacial score (nSPS) is 14.5. The van der Waals surface area contributed by atoms with E-state index >= 15 is 0 Å². The second-order valence-corrected chi connectivity index (χ2v) is 5.71. The molecule has 2 aromatic rings. The van der Waals surface area contributed by atoms with Gasteiger partial charge in [-0.25, -0.2) is 0 Å². The van der Waals surface area contributed by atoms with Crippen molar-refractivity contribution in [3.63, 3.8) is 0 Å². The lowest BCUT2D eigenvalue weighted by Gasteiger charge is -2.15. The largest absolute Gasteiger partial charge is 0.424 e. The van der Waals surface area contributed by atoms with Crippen molar-refractivity contribution >= 4 is 40.8 Å². The van der Waals surface area contributed by atoms with Crippen LogP contribution in [0.25, 0.3) is 0 Å². The highest BCUT2D eigenvalue weighted by atomic mass is 35.5. The average molecular weight is 346 g/mol. The molecule has 1 fully saturated rings. The summed E-state index contributed by atoms with van der Waals surface area (Å²) in [5, 5.41) is 0.950. The highest BCUT2D eigenvalue weighted by Crippen LogP contribution is 2.29. The van der Waals surface area contributed by atoms with Crippen molar-refractivity contribution < 1.29 is 4.74 Å². The Bertz CT molecular complexity index is 662. The molecule has 8 heteroatoms. The smallest absolute Gasteiger partial charge is 0.328 e. The van der Waals surface area contributed by atoms with Gasteiger partial charge in [-0.15, -0.1) is 0 Å². The number of anilines is 1. The Hall–Kier alpha value is -1.30. The topological polar surface area (TPSA) is 51.1 Å². The summed E-state index contributed by atoms with van der Waals surface area (Å²) in [4.78, 5) is 14.4. The van der Waals surface area contributed by atoms with Gasteiger partial charge >= 0.3 is 6.01 Å². The van der Waals surface area contributed by atoms with Crippen molar-refractivity contribution in [1.82, 2.24) is 15.0 Å². The zero-order chi connectivity index (χ0) is 14.8. The third-order valence-corrected chi connectivity index (χ3v) is 3.97. The van der Waals surface area contributed by atoms with Crippen LogP contribution in [0, 0.1) is 0 Å². The van der Waals surface area contributed by atoms with Crippen molar-refractivity contribution in [2.24, 2.45) is 0 Å². The van der Waals surface area contributed by atoms with E-state index in [1.165, 1.54) is 0 Å². The molecule has 1 aliphatic heterocycles. The Morgan fingerprint density at radius 2 is 1.71 bits per heavy atom. The number of hydrogen-bond donors (Lipinski definition) is 0. The molecule has 0 N–H and O–H groups in total. The molecular formula is C13H11Cl3N4O. The standard InChI is InChI=1S/C13H11Cl3N4O/c14-9-4-3-8(7-10(9)15)21-13-18-11(16)17-12(19-13)20-5-1-2-6-20/h3-4,7H,1-2,5-6H2. The Morgan fingerprint density at radius 3 is 2.43 bits per heavy atom. The van der Waals surface area contributed by atoms with Gasteiger partial charge in [0.25, 0.3) is 0 Å². The van der Waals surface area contributed by atoms with Gasteiger partial charge in [0.2, 0.25) is 11.2 Å². The van der Waals surface area contributed by atoms with E-state index in [4.69, 9.17) is 39.5 Å². The summed E-state index contributed by atoms with van der Waals surface area (Å²) in [7, 11) is 0. The molecule has 21 heavy (non-hydrogen) atoms. The minimum absolute atomic E-state index is 0.0990. The first-order valence-electron chi connectivity index (χ1n) is 6.41. The van der Waals surface area contributed by atoms with E-state index in [2.05, 4.69) is 19.9 Å². The van der Waals surface area contributed by atoms with Crippen LogP contribution in [-0.4, -0.2) is 28.0 Å². The molecule has 0 aliphatic carbocycles. The Balaban J connectivity index is 1.85. The van der Waals surface area contributed by atoms with Crippen molar-refractivity contribution in [3.05, 3.63) is 33.5 Å². The van der Waals surface area contributed by atoms with E-state index in [0.29, 0.717) is 21.7 Å². The Morgan fingerprint density at radius 1 is 0.952 bits per heavy atom. The van der Waals surface area contributed by atoms with E-state index in [1.807, 2.05) is 0 Å². The molecule has 1 aromatic carbocycles. The van der Waals surface area contributed by atoms with Crippen molar-refractivity contribution in [2.75, 3.05) is 18.0 Å². The van der Waals surface area contributed by atoms with Crippen LogP contribution in [-0.2, 0) is 0 Å². The SMILES string of the molecule is Clc1nc(Oc2ccc(Cl)c(Cl)c2)nc(N2CCCC2)n1. The lowest BCUT2D eigenvalue weighted by atomic mass is 10.3. The maximum absolute atomic E-state index is 5.95. The monoisotopic (exact) mass is 344 g/mol. The molecule has 0 amide bonds. The van der Waals surface area contributed by atoms with Crippen molar-refractivity contribution in [1.29, 1.82) is 0 Å². The molecule has 110 valence electrons. The van der Waals surface area contributed by atoms with Crippen LogP contribution in [0.2, 0.25) is 15.3 Å². The number of benzene rings is 1. The minimum atomic E-state index is 0.0990. The van der Waals surface area contributed by atoms with Crippen LogP contribution in [0.1, 0.15) is 12.8 Å². The maximum atomic E-state index is 5.95. The van der Waals surface area contributed by atoms with Crippen LogP contribution in [0.5, 0.6) is 11.8 Å². The molecular weight excluding hydrogens is 335 g/mol. The third kappa shape index (κ3) is 3.48. The van der Waals surface area contributed by atoms with Gasteiger partial charge < -0.3 is 9.64 Å². The molecule has 1 aromatic heterocycles. The molecule has 1 aliphatic rings. The predicted molar refractivity (Wildman–Crippen MR) is 82.8 cm³/mol. The van der Waals surface area contributed by atoms with Gasteiger partial charge in [-0.05, 0) is 36.6 Å². The highest BCUT2D eigenvalue weighted by molar-refractivity contribution is 6.42. The summed E-state index contributed by atoms with van der Waals surface area (Å²) in [6, 6.07) is 5.05. The lowest BCUT2D eigenvalue weighted by Crippen LogP contribution is -2.21. The lowest BCUT2D eigenvalue weighted by molar-refractivity contribution is 0.439. The van der Waals surface area contributed by atoms with Gasteiger partial charge in [0, 0.05) is 19.2 Å². The minimum Gasteiger partial charge on any atom is -0.424 e. The fraction of sp³-hybridized carbons (Fsp3) is 0.308. The van der Waals surface area contributed by atoms with Crippen LogP contribution < -0.4 is 9.64 Å². The molecule has 0 atom stereocenters. The van der Waals surface area contributed by atoms with Crippen molar-refractivity contribution in [2.45, 2.75) is 12.8 Å². The summed E-state index contributed by atoms with van der Waals surface area (Å²) in [6.07, 6.45) is 2.23. The van der Waals surface area contributed by atoms with E-state index in [9.17, 15) is 0 Å². The molecule has 3 rings (SSSR count). The number of aromatic nitrogens is 3. The third-order valence-electron chi connectivity index (χ3n) is 3.06. The number of ether oxygens (including phenoxy) is 1. The van der Waals surface area contributed by atoms with Crippen LogP contribution in [0.15, 0.2) is 18.2 Å². The molecule has 2 heterocycles. The number of halogens is 3. The molecule has 0 bridgehead atoms. The first-order valence-corrected chi connectivity index (χ1v) is 7.54. The molecule has 0 unspecified atom stereocenters. The summed E-state index contributed by atoms with van der Waals surface area (Å²) in [6.45, 7) is 1.82. The van der Waals surface area contributed by atoms with Crippen LogP contribution >= 0.6 is 34.8 Å². The number of hydrogen-bond acceptors (Lipinski definition) is 5. The molecule has 0 radical (unpaired) electrons. The van der Waals surface area contributed by atoms with Gasteiger partial charge in [-0.3, -0.25) is 0 Å². The summed E-state index contributed by atoms with van der Waals surface area (Å²) >= 11 is 17.7. The van der Waals surface area contributed by atoms with E-state index in [0.717, 1.165) is 25.9 Å². The summed E-state index contributed by atoms with van der Waals surface area (Å²) < 4.78 is 5.58. The summed E-state index contributed by atoms with van der Waals surface area (Å²) in [5.41, 5.74) is 0. The second-order valence-electron chi connectivity index (χ2n) is 4.56. The Kier molecular flexibility index (Phi) is 4.33. The first kappa shape index (κ1) is 14.6. The number of nitrogens with zero attached hydrogens (tertiary/aromatic N) is 4. The summed E-state index contributed by atoms with van der Waals surface area (Å²) in [5.74, 6) is 1.02. The predicted octanol–water partition coefficient (Wildman–Crippen LogP) is 4.22. The van der Waals surface area contributed by atoms with E-state index in [-0.39, 0.29) is 11.3 Å². The zero-order valence-corrected chi connectivity index (χ0v) is 13.2. The second kappa shape index (κ2) is 6.22. The molecule has 0 saturated carbocycles. The van der Waals surface area contributed by atoms with Gasteiger partial charge in [0.15, 0.2) is 0 Å². The van der Waals surface area contributed by atoms with Gasteiger partial charge in [-0.1, -0.05) is 23.2 Å². The highest BCUT2D eigenvalue weighted by Gasteiger charge is 2.17. The van der Waals surface area contributed by atoms with Crippen molar-refractivity contribution in [3.8, 4) is 11.8 Å².